The number of benzene rings is 3. The van der Waals surface area contributed by atoms with Crippen molar-refractivity contribution < 1.29 is 28.2 Å². The van der Waals surface area contributed by atoms with Crippen molar-refractivity contribution in [1.29, 1.82) is 0 Å². The lowest BCUT2D eigenvalue weighted by Gasteiger charge is -2.22. The maximum atomic E-state index is 13.5. The van der Waals surface area contributed by atoms with Gasteiger partial charge < -0.3 is 19.5 Å². The van der Waals surface area contributed by atoms with Crippen LogP contribution in [0.2, 0.25) is 0 Å². The van der Waals surface area contributed by atoms with Gasteiger partial charge in [-0.3, -0.25) is 15.4 Å². The number of aliphatic hydroxyl groups is 1. The minimum atomic E-state index is -1.17. The highest BCUT2D eigenvalue weighted by Crippen LogP contribution is 2.41. The zero-order chi connectivity index (χ0) is 25.8. The van der Waals surface area contributed by atoms with E-state index >= 15 is 0 Å². The Morgan fingerprint density at radius 3 is 2.32 bits per heavy atom. The molecule has 192 valence electrons. The van der Waals surface area contributed by atoms with E-state index in [-0.39, 0.29) is 29.8 Å². The quantitative estimate of drug-likeness (QED) is 0.425. The minimum absolute atomic E-state index is 0.0803. The van der Waals surface area contributed by atoms with Crippen molar-refractivity contribution in [2.75, 3.05) is 11.9 Å². The van der Waals surface area contributed by atoms with E-state index in [1.54, 1.807) is 11.9 Å². The summed E-state index contributed by atoms with van der Waals surface area (Å²) >= 11 is 0. The molecule has 1 amide bonds. The molecule has 7 nitrogen and oxygen atoms in total. The molecule has 0 aliphatic carbocycles. The van der Waals surface area contributed by atoms with Gasteiger partial charge in [-0.2, -0.15) is 0 Å². The van der Waals surface area contributed by atoms with Crippen LogP contribution in [0.3, 0.4) is 0 Å². The van der Waals surface area contributed by atoms with Crippen molar-refractivity contribution in [2.24, 2.45) is 0 Å². The van der Waals surface area contributed by atoms with Gasteiger partial charge in [0.05, 0.1) is 5.69 Å². The lowest BCUT2D eigenvalue weighted by Crippen LogP contribution is -2.42. The van der Waals surface area contributed by atoms with E-state index in [0.29, 0.717) is 0 Å². The standard InChI is InChI=1S/C28H27F2N3O4/c1-14(31-27-25(37-27)23(34)15-11-16(29)13-17(30)12-15)24-26(36-24)32-22-20-9-4-3-7-18(20)19-8-5-6-10-21(19)33(2)28(22)35/h3-14,22-27,31-32,34H,1-2H3/t14-,22-,23-,24?,25?,26?,27?/m0/s1. The number of halogens is 2. The maximum absolute atomic E-state index is 13.5. The molecule has 3 aromatic rings. The van der Waals surface area contributed by atoms with E-state index in [9.17, 15) is 18.7 Å². The third kappa shape index (κ3) is 4.54. The van der Waals surface area contributed by atoms with Crippen LogP contribution in [-0.4, -0.2) is 48.8 Å². The molecule has 0 bridgehead atoms. The highest BCUT2D eigenvalue weighted by Gasteiger charge is 2.51. The van der Waals surface area contributed by atoms with Gasteiger partial charge >= 0.3 is 0 Å². The summed E-state index contributed by atoms with van der Waals surface area (Å²) in [5.74, 6) is -1.59. The molecule has 7 atom stereocenters. The number of para-hydroxylation sites is 1. The molecule has 0 spiro atoms. The molecular formula is C28H27F2N3O4. The van der Waals surface area contributed by atoms with Gasteiger partial charge in [-0.15, -0.1) is 0 Å². The Balaban J connectivity index is 1.11. The zero-order valence-electron chi connectivity index (χ0n) is 20.3. The van der Waals surface area contributed by atoms with E-state index in [4.69, 9.17) is 9.47 Å². The Hall–Kier alpha value is -3.21. The maximum Gasteiger partial charge on any atom is 0.248 e. The fourth-order valence-corrected chi connectivity index (χ4v) is 5.18. The Morgan fingerprint density at radius 2 is 1.57 bits per heavy atom. The monoisotopic (exact) mass is 507 g/mol. The molecule has 3 heterocycles. The number of nitrogens with one attached hydrogen (secondary N) is 2. The fourth-order valence-electron chi connectivity index (χ4n) is 5.18. The molecule has 9 heteroatoms. The van der Waals surface area contributed by atoms with Crippen LogP contribution in [0.15, 0.2) is 66.7 Å². The van der Waals surface area contributed by atoms with Crippen molar-refractivity contribution in [2.45, 2.75) is 49.8 Å². The molecule has 0 radical (unpaired) electrons. The van der Waals surface area contributed by atoms with Crippen molar-refractivity contribution >= 4 is 11.6 Å². The van der Waals surface area contributed by atoms with Crippen LogP contribution < -0.4 is 15.5 Å². The molecule has 0 saturated carbocycles. The van der Waals surface area contributed by atoms with Gasteiger partial charge in [0.1, 0.15) is 48.4 Å². The SMILES string of the molecule is C[C@H](NC1OC1[C@@H](O)c1cc(F)cc(F)c1)C1OC1N[C@@H]1C(=O)N(C)c2ccccc2-c2ccccc21. The normalized spacial score (nSPS) is 27.6. The lowest BCUT2D eigenvalue weighted by atomic mass is 9.95. The van der Waals surface area contributed by atoms with Gasteiger partial charge in [0.25, 0.3) is 0 Å². The highest BCUT2D eigenvalue weighted by atomic mass is 19.1. The van der Waals surface area contributed by atoms with Crippen LogP contribution in [0.4, 0.5) is 14.5 Å². The number of aliphatic hydroxyl groups excluding tert-OH is 1. The predicted octanol–water partition coefficient (Wildman–Crippen LogP) is 3.40. The molecule has 6 rings (SSSR count). The molecule has 3 aliphatic heterocycles. The molecule has 2 fully saturated rings. The van der Waals surface area contributed by atoms with Crippen LogP contribution in [0.1, 0.15) is 30.2 Å². The lowest BCUT2D eigenvalue weighted by molar-refractivity contribution is -0.120. The van der Waals surface area contributed by atoms with Gasteiger partial charge in [-0.1, -0.05) is 42.5 Å². The van der Waals surface area contributed by atoms with E-state index < -0.39 is 36.1 Å². The van der Waals surface area contributed by atoms with Crippen LogP contribution in [0, 0.1) is 11.6 Å². The number of carbonyl (C=O) groups is 1. The second kappa shape index (κ2) is 9.27. The van der Waals surface area contributed by atoms with Crippen LogP contribution >= 0.6 is 0 Å². The average molecular weight is 508 g/mol. The molecular weight excluding hydrogens is 480 g/mol. The first-order chi connectivity index (χ1) is 17.8. The summed E-state index contributed by atoms with van der Waals surface area (Å²) in [6.07, 6.45) is -2.87. The first-order valence-electron chi connectivity index (χ1n) is 12.2. The van der Waals surface area contributed by atoms with Crippen molar-refractivity contribution in [1.82, 2.24) is 10.6 Å². The van der Waals surface area contributed by atoms with Gasteiger partial charge in [0.15, 0.2) is 0 Å². The first kappa shape index (κ1) is 24.1. The summed E-state index contributed by atoms with van der Waals surface area (Å²) in [5, 5.41) is 17.1. The molecule has 3 aromatic carbocycles. The summed E-state index contributed by atoms with van der Waals surface area (Å²) in [4.78, 5) is 15.2. The Kier molecular flexibility index (Phi) is 6.05. The minimum Gasteiger partial charge on any atom is -0.386 e. The topological polar surface area (TPSA) is 89.7 Å². The summed E-state index contributed by atoms with van der Waals surface area (Å²) in [6.45, 7) is 1.92. The van der Waals surface area contributed by atoms with Gasteiger partial charge in [-0.05, 0) is 41.8 Å². The number of hydrogen-bond donors (Lipinski definition) is 3. The largest absolute Gasteiger partial charge is 0.386 e. The van der Waals surface area contributed by atoms with Gasteiger partial charge in [0.2, 0.25) is 5.91 Å². The van der Waals surface area contributed by atoms with Crippen molar-refractivity contribution in [3.8, 4) is 11.1 Å². The van der Waals surface area contributed by atoms with Crippen molar-refractivity contribution in [3.05, 3.63) is 89.5 Å². The molecule has 37 heavy (non-hydrogen) atoms. The van der Waals surface area contributed by atoms with Crippen molar-refractivity contribution in [3.63, 3.8) is 0 Å². The summed E-state index contributed by atoms with van der Waals surface area (Å²) < 4.78 is 38.4. The van der Waals surface area contributed by atoms with E-state index in [1.807, 2.05) is 55.5 Å². The Labute approximate surface area is 213 Å². The number of likely N-dealkylation sites (N-methyl/N-ethyl adjacent to an activating group) is 1. The highest BCUT2D eigenvalue weighted by molar-refractivity contribution is 6.04. The molecule has 3 aliphatic rings. The number of nitrogens with zero attached hydrogens (tertiary/aromatic N) is 1. The van der Waals surface area contributed by atoms with E-state index in [1.165, 1.54) is 0 Å². The number of fused-ring (bicyclic) bond motifs is 3. The molecule has 0 aromatic heterocycles. The first-order valence-corrected chi connectivity index (χ1v) is 12.2. The second-order valence-corrected chi connectivity index (χ2v) is 9.75. The third-order valence-corrected chi connectivity index (χ3v) is 7.24. The smallest absolute Gasteiger partial charge is 0.248 e. The molecule has 2 saturated heterocycles. The van der Waals surface area contributed by atoms with E-state index in [0.717, 1.165) is 40.6 Å². The number of amides is 1. The summed E-state index contributed by atoms with van der Waals surface area (Å²) in [5.41, 5.74) is 3.85. The van der Waals surface area contributed by atoms with Gasteiger partial charge in [0, 0.05) is 24.7 Å². The molecule has 3 N–H and O–H groups in total. The zero-order valence-corrected chi connectivity index (χ0v) is 20.3. The predicted molar refractivity (Wildman–Crippen MR) is 132 cm³/mol. The average Bonchev–Trinajstić information content (AvgIpc) is 3.81. The Bertz CT molecular complexity index is 1330. The number of epoxide rings is 2. The second-order valence-electron chi connectivity index (χ2n) is 9.75. The van der Waals surface area contributed by atoms with Crippen LogP contribution in [0.5, 0.6) is 0 Å². The van der Waals surface area contributed by atoms with Crippen LogP contribution in [-0.2, 0) is 14.3 Å². The number of anilines is 1. The number of hydrogen-bond acceptors (Lipinski definition) is 6. The summed E-state index contributed by atoms with van der Waals surface area (Å²) in [7, 11) is 1.78. The van der Waals surface area contributed by atoms with Crippen LogP contribution in [0.25, 0.3) is 11.1 Å². The van der Waals surface area contributed by atoms with Gasteiger partial charge in [-0.25, -0.2) is 8.78 Å². The summed E-state index contributed by atoms with van der Waals surface area (Å²) in [6, 6.07) is 17.9. The molecule has 4 unspecified atom stereocenters. The fraction of sp³-hybridized carbons (Fsp3) is 0.321. The third-order valence-electron chi connectivity index (χ3n) is 7.24. The number of carbonyl (C=O) groups excluding carboxylic acids is 1. The number of ether oxygens (including phenoxy) is 2. The number of rotatable bonds is 7. The van der Waals surface area contributed by atoms with E-state index in [2.05, 4.69) is 10.6 Å². The Morgan fingerprint density at radius 1 is 0.919 bits per heavy atom.